The predicted molar refractivity (Wildman–Crippen MR) is 143 cm³/mol. The average Bonchev–Trinajstić information content (AvgIpc) is 3.55. The number of ether oxygens (including phenoxy) is 1. The lowest BCUT2D eigenvalue weighted by Crippen LogP contribution is -2.21. The summed E-state index contributed by atoms with van der Waals surface area (Å²) in [5.74, 6) is 11.8. The van der Waals surface area contributed by atoms with Crippen molar-refractivity contribution in [3.63, 3.8) is 0 Å². The van der Waals surface area contributed by atoms with Crippen LogP contribution in [0, 0.1) is 23.7 Å². The Morgan fingerprint density at radius 3 is 1.97 bits per heavy atom. The highest BCUT2D eigenvalue weighted by Gasteiger charge is 2.14. The quantitative estimate of drug-likeness (QED) is 0.305. The molecule has 2 aromatic heterocycles. The van der Waals surface area contributed by atoms with Crippen LogP contribution in [0.4, 0.5) is 0 Å². The smallest absolute Gasteiger partial charge is 0.286 e. The van der Waals surface area contributed by atoms with E-state index in [1.54, 1.807) is 12.5 Å². The summed E-state index contributed by atoms with van der Waals surface area (Å²) in [5, 5.41) is 3.56. The van der Waals surface area contributed by atoms with Crippen molar-refractivity contribution in [2.45, 2.75) is 0 Å². The molecule has 0 fully saturated rings. The summed E-state index contributed by atoms with van der Waals surface area (Å²) in [6, 6.07) is 21.0. The van der Waals surface area contributed by atoms with Crippen LogP contribution in [0.15, 0.2) is 77.5 Å². The normalized spacial score (nSPS) is 9.39. The Labute approximate surface area is 217 Å². The molecule has 0 radical (unpaired) electrons. The molecule has 4 aromatic rings. The monoisotopic (exact) mass is 514 g/mol. The van der Waals surface area contributed by atoms with Crippen molar-refractivity contribution in [3.8, 4) is 29.4 Å². The van der Waals surface area contributed by atoms with Gasteiger partial charge in [-0.05, 0) is 35.7 Å². The minimum Gasteiger partial charge on any atom is -0.495 e. The van der Waals surface area contributed by atoms with E-state index in [0.29, 0.717) is 26.6 Å². The Bertz CT molecular complexity index is 1440. The van der Waals surface area contributed by atoms with Crippen molar-refractivity contribution in [2.24, 2.45) is 5.73 Å². The first-order chi connectivity index (χ1) is 17.5. The third-order valence-electron chi connectivity index (χ3n) is 4.49. The molecular weight excluding hydrogens is 492 g/mol. The fourth-order valence-electron chi connectivity index (χ4n) is 2.83. The van der Waals surface area contributed by atoms with Gasteiger partial charge in [-0.1, -0.05) is 60.1 Å². The maximum atomic E-state index is 11.6. The summed E-state index contributed by atoms with van der Waals surface area (Å²) >= 11 is 2.58. The highest BCUT2D eigenvalue weighted by molar-refractivity contribution is 7.12. The minimum absolute atomic E-state index is 0.273. The van der Waals surface area contributed by atoms with Gasteiger partial charge in [0.25, 0.3) is 11.8 Å². The SMILES string of the molecule is CONC(=O)c1sccc1C#Cc1ccccc1.COc1csc(C(N)=O)c1C#Cc1ccccc1. The number of nitrogens with one attached hydrogen (secondary N) is 1. The standard InChI is InChI=1S/2C14H11NO2S/c1-17-15-14(16)13-12(9-10-18-13)8-7-11-5-3-2-4-6-11;1-17-12-9-18-13(14(15)16)11(12)8-7-10-5-3-2-4-6-10/h2-6,9-10H,1H3,(H,15,16);2-6,9H,1H3,(H2,15,16). The van der Waals surface area contributed by atoms with Crippen molar-refractivity contribution in [1.82, 2.24) is 5.48 Å². The maximum Gasteiger partial charge on any atom is 0.286 e. The van der Waals surface area contributed by atoms with E-state index in [1.807, 2.05) is 72.1 Å². The van der Waals surface area contributed by atoms with Crippen LogP contribution in [0.1, 0.15) is 41.6 Å². The number of benzene rings is 2. The zero-order chi connectivity index (χ0) is 25.8. The summed E-state index contributed by atoms with van der Waals surface area (Å²) in [5.41, 5.74) is 10.6. The molecular formula is C28H22N2O4S2. The van der Waals surface area contributed by atoms with Crippen LogP contribution in [0.2, 0.25) is 0 Å². The van der Waals surface area contributed by atoms with Gasteiger partial charge >= 0.3 is 0 Å². The van der Waals surface area contributed by atoms with Gasteiger partial charge in [0.1, 0.15) is 15.5 Å². The molecule has 0 saturated carbocycles. The number of thiophene rings is 2. The van der Waals surface area contributed by atoms with E-state index >= 15 is 0 Å². The number of carbonyl (C=O) groups excluding carboxylic acids is 2. The number of methoxy groups -OCH3 is 1. The van der Waals surface area contributed by atoms with Crippen molar-refractivity contribution in [2.75, 3.05) is 14.2 Å². The van der Waals surface area contributed by atoms with Crippen LogP contribution in [-0.2, 0) is 4.84 Å². The second-order valence-corrected chi connectivity index (χ2v) is 8.70. The van der Waals surface area contributed by atoms with Gasteiger partial charge in [-0.2, -0.15) is 0 Å². The van der Waals surface area contributed by atoms with Gasteiger partial charge in [0.2, 0.25) is 0 Å². The number of rotatable bonds is 4. The van der Waals surface area contributed by atoms with Crippen molar-refractivity contribution in [1.29, 1.82) is 0 Å². The van der Waals surface area contributed by atoms with Crippen LogP contribution in [-0.4, -0.2) is 26.0 Å². The van der Waals surface area contributed by atoms with Gasteiger partial charge in [-0.3, -0.25) is 14.4 Å². The molecule has 0 unspecified atom stereocenters. The number of primary amides is 1. The molecule has 180 valence electrons. The van der Waals surface area contributed by atoms with Crippen LogP contribution in [0.5, 0.6) is 5.75 Å². The van der Waals surface area contributed by atoms with Crippen molar-refractivity contribution >= 4 is 34.5 Å². The fourth-order valence-corrected chi connectivity index (χ4v) is 4.39. The first kappa shape index (κ1) is 26.3. The van der Waals surface area contributed by atoms with E-state index in [9.17, 15) is 9.59 Å². The lowest BCUT2D eigenvalue weighted by molar-refractivity contribution is 0.0542. The molecule has 0 atom stereocenters. The summed E-state index contributed by atoms with van der Waals surface area (Å²) in [6.07, 6.45) is 0. The summed E-state index contributed by atoms with van der Waals surface area (Å²) in [4.78, 5) is 28.5. The molecule has 2 aromatic carbocycles. The fraction of sp³-hybridized carbons (Fsp3) is 0.0714. The molecule has 3 N–H and O–H groups in total. The van der Waals surface area contributed by atoms with Crippen LogP contribution >= 0.6 is 22.7 Å². The highest BCUT2D eigenvalue weighted by atomic mass is 32.1. The van der Waals surface area contributed by atoms with Gasteiger partial charge < -0.3 is 10.5 Å². The zero-order valence-corrected chi connectivity index (χ0v) is 21.2. The molecule has 0 spiro atoms. The van der Waals surface area contributed by atoms with Crippen LogP contribution < -0.4 is 16.0 Å². The van der Waals surface area contributed by atoms with Crippen LogP contribution in [0.25, 0.3) is 0 Å². The van der Waals surface area contributed by atoms with Gasteiger partial charge in [0, 0.05) is 22.1 Å². The minimum atomic E-state index is -0.485. The van der Waals surface area contributed by atoms with Gasteiger partial charge in [-0.15, -0.1) is 22.7 Å². The number of hydrogen-bond acceptors (Lipinski definition) is 6. The third-order valence-corrected chi connectivity index (χ3v) is 6.37. The molecule has 0 saturated heterocycles. The summed E-state index contributed by atoms with van der Waals surface area (Å²) < 4.78 is 5.16. The Balaban J connectivity index is 0.000000201. The Kier molecular flexibility index (Phi) is 9.87. The van der Waals surface area contributed by atoms with Crippen molar-refractivity contribution < 1.29 is 19.2 Å². The first-order valence-electron chi connectivity index (χ1n) is 10.5. The van der Waals surface area contributed by atoms with Gasteiger partial charge in [0.15, 0.2) is 0 Å². The largest absolute Gasteiger partial charge is 0.495 e. The van der Waals surface area contributed by atoms with E-state index in [4.69, 9.17) is 10.5 Å². The van der Waals surface area contributed by atoms with Crippen molar-refractivity contribution in [3.05, 3.63) is 109 Å². The molecule has 0 aliphatic heterocycles. The number of carbonyl (C=O) groups is 2. The second kappa shape index (κ2) is 13.5. The molecule has 4 rings (SSSR count). The average molecular weight is 515 g/mol. The lowest BCUT2D eigenvalue weighted by atomic mass is 10.2. The van der Waals surface area contributed by atoms with E-state index < -0.39 is 5.91 Å². The molecule has 6 nitrogen and oxygen atoms in total. The summed E-state index contributed by atoms with van der Waals surface area (Å²) in [7, 11) is 2.95. The Morgan fingerprint density at radius 2 is 1.42 bits per heavy atom. The highest BCUT2D eigenvalue weighted by Crippen LogP contribution is 2.28. The lowest BCUT2D eigenvalue weighted by Gasteiger charge is -1.98. The molecule has 0 aliphatic carbocycles. The molecule has 0 aliphatic rings. The van der Waals surface area contributed by atoms with Gasteiger partial charge in [-0.25, -0.2) is 5.48 Å². The molecule has 0 bridgehead atoms. The molecule has 8 heteroatoms. The number of hydrogen-bond donors (Lipinski definition) is 2. The topological polar surface area (TPSA) is 90.7 Å². The Morgan fingerprint density at radius 1 is 0.806 bits per heavy atom. The number of amides is 2. The maximum absolute atomic E-state index is 11.6. The number of nitrogens with two attached hydrogens (primary N) is 1. The molecule has 36 heavy (non-hydrogen) atoms. The predicted octanol–water partition coefficient (Wildman–Crippen LogP) is 4.69. The third kappa shape index (κ3) is 7.33. The Hall–Kier alpha value is -4.34. The van der Waals surface area contributed by atoms with Crippen LogP contribution in [0.3, 0.4) is 0 Å². The second-order valence-electron chi connectivity index (χ2n) is 6.90. The van der Waals surface area contributed by atoms with E-state index in [0.717, 1.165) is 11.1 Å². The first-order valence-corrected chi connectivity index (χ1v) is 12.3. The van der Waals surface area contributed by atoms with E-state index in [-0.39, 0.29) is 5.91 Å². The van der Waals surface area contributed by atoms with E-state index in [2.05, 4.69) is 34.0 Å². The zero-order valence-electron chi connectivity index (χ0n) is 19.5. The number of hydroxylamine groups is 1. The summed E-state index contributed by atoms with van der Waals surface area (Å²) in [6.45, 7) is 0. The van der Waals surface area contributed by atoms with Gasteiger partial charge in [0.05, 0.1) is 19.8 Å². The molecule has 2 heterocycles. The molecule has 2 amide bonds. The van der Waals surface area contributed by atoms with E-state index in [1.165, 1.54) is 29.8 Å².